The van der Waals surface area contributed by atoms with Gasteiger partial charge in [-0.15, -0.1) is 0 Å². The Bertz CT molecular complexity index is 1240. The zero-order valence-electron chi connectivity index (χ0n) is 17.4. The molecule has 1 heterocycles. The van der Waals surface area contributed by atoms with Crippen LogP contribution in [-0.2, 0) is 14.8 Å². The lowest BCUT2D eigenvalue weighted by molar-refractivity contribution is -0.122. The van der Waals surface area contributed by atoms with Crippen LogP contribution in [0.25, 0.3) is 0 Å². The molecule has 4 rings (SSSR count). The predicted molar refractivity (Wildman–Crippen MR) is 123 cm³/mol. The Labute approximate surface area is 191 Å². The molecule has 1 atom stereocenters. The van der Waals surface area contributed by atoms with Gasteiger partial charge in [0.25, 0.3) is 15.9 Å². The first-order chi connectivity index (χ1) is 15.3. The number of benzene rings is 3. The maximum atomic E-state index is 13.5. The maximum absolute atomic E-state index is 13.5. The lowest BCUT2D eigenvalue weighted by Crippen LogP contribution is -2.48. The quantitative estimate of drug-likeness (QED) is 0.600. The van der Waals surface area contributed by atoms with Crippen molar-refractivity contribution in [1.29, 1.82) is 0 Å². The highest BCUT2D eigenvalue weighted by Gasteiger charge is 2.37. The van der Waals surface area contributed by atoms with Gasteiger partial charge < -0.3 is 14.8 Å². The first-order valence-electron chi connectivity index (χ1n) is 9.78. The number of carbonyl (C=O) groups is 1. The molecule has 1 aliphatic rings. The fraction of sp³-hybridized carbons (Fsp3) is 0.174. The van der Waals surface area contributed by atoms with Crippen molar-refractivity contribution in [3.63, 3.8) is 0 Å². The molecule has 0 saturated heterocycles. The number of aryl methyl sites for hydroxylation is 1. The van der Waals surface area contributed by atoms with Crippen LogP contribution in [0.15, 0.2) is 71.6 Å². The van der Waals surface area contributed by atoms with Gasteiger partial charge in [0.15, 0.2) is 6.10 Å². The minimum Gasteiger partial charge on any atom is -0.497 e. The molecule has 1 N–H and O–H groups in total. The zero-order chi connectivity index (χ0) is 22.9. The Kier molecular flexibility index (Phi) is 5.99. The minimum absolute atomic E-state index is 0.0867. The topological polar surface area (TPSA) is 84.9 Å². The fourth-order valence-corrected chi connectivity index (χ4v) is 4.96. The number of amides is 1. The molecule has 0 fully saturated rings. The van der Waals surface area contributed by atoms with E-state index in [-0.39, 0.29) is 11.4 Å². The molecule has 0 saturated carbocycles. The lowest BCUT2D eigenvalue weighted by atomic mass is 10.1. The number of sulfonamides is 1. The van der Waals surface area contributed by atoms with E-state index in [0.29, 0.717) is 27.9 Å². The highest BCUT2D eigenvalue weighted by molar-refractivity contribution is 7.92. The van der Waals surface area contributed by atoms with Gasteiger partial charge in [-0.25, -0.2) is 8.42 Å². The van der Waals surface area contributed by atoms with E-state index in [2.05, 4.69) is 5.32 Å². The third-order valence-electron chi connectivity index (χ3n) is 5.04. The molecule has 166 valence electrons. The molecule has 32 heavy (non-hydrogen) atoms. The van der Waals surface area contributed by atoms with Crippen LogP contribution in [0.3, 0.4) is 0 Å². The highest BCUT2D eigenvalue weighted by Crippen LogP contribution is 2.38. The number of hydrogen-bond acceptors (Lipinski definition) is 5. The Morgan fingerprint density at radius 2 is 1.78 bits per heavy atom. The van der Waals surface area contributed by atoms with Crippen LogP contribution in [0.5, 0.6) is 11.5 Å². The maximum Gasteiger partial charge on any atom is 0.267 e. The Morgan fingerprint density at radius 3 is 2.44 bits per heavy atom. The second kappa shape index (κ2) is 8.72. The fourth-order valence-electron chi connectivity index (χ4n) is 3.36. The van der Waals surface area contributed by atoms with Crippen molar-refractivity contribution in [1.82, 2.24) is 0 Å². The molecule has 0 aromatic heterocycles. The number of carbonyl (C=O) groups excluding carboxylic acids is 1. The third kappa shape index (κ3) is 4.37. The lowest BCUT2D eigenvalue weighted by Gasteiger charge is -2.35. The van der Waals surface area contributed by atoms with E-state index in [1.807, 2.05) is 6.92 Å². The van der Waals surface area contributed by atoms with Crippen molar-refractivity contribution in [3.8, 4) is 11.5 Å². The van der Waals surface area contributed by atoms with Crippen LogP contribution in [-0.4, -0.2) is 34.1 Å². The van der Waals surface area contributed by atoms with Crippen molar-refractivity contribution in [2.24, 2.45) is 0 Å². The molecule has 1 amide bonds. The van der Waals surface area contributed by atoms with E-state index >= 15 is 0 Å². The van der Waals surface area contributed by atoms with E-state index in [0.717, 1.165) is 5.56 Å². The van der Waals surface area contributed by atoms with Gasteiger partial charge in [0.05, 0.1) is 24.2 Å². The summed E-state index contributed by atoms with van der Waals surface area (Å²) in [4.78, 5) is 13.0. The number of nitrogens with one attached hydrogen (secondary N) is 1. The summed E-state index contributed by atoms with van der Waals surface area (Å²) >= 11 is 5.90. The normalized spacial score (nSPS) is 15.5. The van der Waals surface area contributed by atoms with E-state index in [4.69, 9.17) is 21.1 Å². The Hall–Kier alpha value is -3.23. The molecule has 7 nitrogen and oxygen atoms in total. The third-order valence-corrected chi connectivity index (χ3v) is 7.08. The monoisotopic (exact) mass is 472 g/mol. The number of methoxy groups -OCH3 is 1. The second-order valence-electron chi connectivity index (χ2n) is 7.29. The Balaban J connectivity index is 1.68. The average molecular weight is 473 g/mol. The predicted octanol–water partition coefficient (Wildman–Crippen LogP) is 4.25. The van der Waals surface area contributed by atoms with E-state index in [9.17, 15) is 13.2 Å². The van der Waals surface area contributed by atoms with Crippen LogP contribution >= 0.6 is 11.6 Å². The molecule has 0 aliphatic carbocycles. The number of halogens is 1. The Morgan fingerprint density at radius 1 is 1.09 bits per heavy atom. The molecular formula is C23H21ClN2O5S. The van der Waals surface area contributed by atoms with Gasteiger partial charge in [-0.05, 0) is 73.2 Å². The summed E-state index contributed by atoms with van der Waals surface area (Å²) in [5.74, 6) is 0.404. The number of nitrogens with zero attached hydrogens (tertiary/aromatic N) is 1. The van der Waals surface area contributed by atoms with Gasteiger partial charge in [-0.3, -0.25) is 9.10 Å². The molecule has 1 aliphatic heterocycles. The number of anilines is 2. The SMILES string of the molecule is COc1ccc(S(=O)(=O)N2C[C@H](C(=O)Nc3ccc(Cl)cc3)Oc3cc(C)ccc32)cc1. The van der Waals surface area contributed by atoms with E-state index in [1.165, 1.54) is 23.5 Å². The smallest absolute Gasteiger partial charge is 0.267 e. The molecule has 0 unspecified atom stereocenters. The minimum atomic E-state index is -3.96. The van der Waals surface area contributed by atoms with Crippen molar-refractivity contribution in [2.75, 3.05) is 23.3 Å². The highest BCUT2D eigenvalue weighted by atomic mass is 35.5. The number of hydrogen-bond donors (Lipinski definition) is 1. The van der Waals surface area contributed by atoms with Gasteiger partial charge >= 0.3 is 0 Å². The van der Waals surface area contributed by atoms with Crippen molar-refractivity contribution < 1.29 is 22.7 Å². The van der Waals surface area contributed by atoms with Gasteiger partial charge in [0.1, 0.15) is 11.5 Å². The molecular weight excluding hydrogens is 452 g/mol. The molecule has 3 aromatic rings. The van der Waals surface area contributed by atoms with Gasteiger partial charge in [-0.1, -0.05) is 17.7 Å². The van der Waals surface area contributed by atoms with Crippen molar-refractivity contribution >= 4 is 38.9 Å². The second-order valence-corrected chi connectivity index (χ2v) is 9.58. The summed E-state index contributed by atoms with van der Waals surface area (Å²) in [6.07, 6.45) is -1.05. The molecule has 3 aromatic carbocycles. The average Bonchev–Trinajstić information content (AvgIpc) is 2.79. The molecule has 0 bridgehead atoms. The van der Waals surface area contributed by atoms with Crippen molar-refractivity contribution in [3.05, 3.63) is 77.3 Å². The van der Waals surface area contributed by atoms with Crippen LogP contribution < -0.4 is 19.1 Å². The number of rotatable bonds is 5. The number of ether oxygens (including phenoxy) is 2. The molecule has 0 radical (unpaired) electrons. The summed E-state index contributed by atoms with van der Waals surface area (Å²) in [6, 6.07) is 17.9. The molecule has 0 spiro atoms. The van der Waals surface area contributed by atoms with Crippen LogP contribution in [0, 0.1) is 6.92 Å². The van der Waals surface area contributed by atoms with Gasteiger partial charge in [0.2, 0.25) is 0 Å². The molecule has 9 heteroatoms. The van der Waals surface area contributed by atoms with Gasteiger partial charge in [-0.2, -0.15) is 0 Å². The first-order valence-corrected chi connectivity index (χ1v) is 11.6. The first kappa shape index (κ1) is 22.0. The summed E-state index contributed by atoms with van der Waals surface area (Å²) in [7, 11) is -2.45. The van der Waals surface area contributed by atoms with Crippen LogP contribution in [0.1, 0.15) is 5.56 Å². The van der Waals surface area contributed by atoms with Crippen LogP contribution in [0.2, 0.25) is 5.02 Å². The number of fused-ring (bicyclic) bond motifs is 1. The zero-order valence-corrected chi connectivity index (χ0v) is 19.0. The standard InChI is InChI=1S/C23H21ClN2O5S/c1-15-3-12-20-21(13-15)31-22(23(27)25-17-6-4-16(24)5-7-17)14-26(20)32(28,29)19-10-8-18(30-2)9-11-19/h3-13,22H,14H2,1-2H3,(H,25,27)/t22-/m1/s1. The summed E-state index contributed by atoms with van der Waals surface area (Å²) in [5, 5.41) is 3.29. The van der Waals surface area contributed by atoms with Gasteiger partial charge in [0, 0.05) is 10.7 Å². The summed E-state index contributed by atoms with van der Waals surface area (Å²) in [6.45, 7) is 1.69. The van der Waals surface area contributed by atoms with E-state index < -0.39 is 22.0 Å². The van der Waals surface area contributed by atoms with Crippen LogP contribution in [0.4, 0.5) is 11.4 Å². The summed E-state index contributed by atoms with van der Waals surface area (Å²) in [5.41, 5.74) is 1.79. The van der Waals surface area contributed by atoms with E-state index in [1.54, 1.807) is 54.6 Å². The summed E-state index contributed by atoms with van der Waals surface area (Å²) < 4.78 is 39.2. The van der Waals surface area contributed by atoms with Crippen molar-refractivity contribution in [2.45, 2.75) is 17.9 Å². The largest absolute Gasteiger partial charge is 0.497 e.